The minimum atomic E-state index is 0.538. The van der Waals surface area contributed by atoms with Crippen LogP contribution in [-0.2, 0) is 0 Å². The summed E-state index contributed by atoms with van der Waals surface area (Å²) in [7, 11) is 0. The van der Waals surface area contributed by atoms with E-state index in [1.807, 2.05) is 0 Å². The fourth-order valence-electron chi connectivity index (χ4n) is 2.73. The number of nitrogens with one attached hydrogen (secondary N) is 1. The third-order valence-electron chi connectivity index (χ3n) is 3.83. The van der Waals surface area contributed by atoms with Gasteiger partial charge in [0.1, 0.15) is 0 Å². The molecule has 0 bridgehead atoms. The molecule has 1 N–H and O–H groups in total. The Morgan fingerprint density at radius 1 is 1.25 bits per heavy atom. The fraction of sp³-hybridized carbons (Fsp3) is 0.571. The molecular formula is C14H20N2. The van der Waals surface area contributed by atoms with Crippen LogP contribution in [0.15, 0.2) is 24.3 Å². The van der Waals surface area contributed by atoms with Crippen LogP contribution in [-0.4, -0.2) is 30.6 Å². The van der Waals surface area contributed by atoms with Crippen molar-refractivity contribution in [2.75, 3.05) is 19.6 Å². The van der Waals surface area contributed by atoms with Gasteiger partial charge in [0, 0.05) is 31.7 Å². The summed E-state index contributed by atoms with van der Waals surface area (Å²) in [5.41, 5.74) is 2.89. The van der Waals surface area contributed by atoms with Gasteiger partial charge in [-0.2, -0.15) is 0 Å². The van der Waals surface area contributed by atoms with Crippen LogP contribution in [0.4, 0.5) is 0 Å². The zero-order valence-electron chi connectivity index (χ0n) is 9.95. The number of benzene rings is 1. The van der Waals surface area contributed by atoms with Crippen molar-refractivity contribution < 1.29 is 0 Å². The van der Waals surface area contributed by atoms with Crippen molar-refractivity contribution in [3.05, 3.63) is 35.4 Å². The molecule has 0 radical (unpaired) electrons. The average molecular weight is 216 g/mol. The first kappa shape index (κ1) is 10.3. The number of hydrogen-bond acceptors (Lipinski definition) is 2. The molecule has 16 heavy (non-hydrogen) atoms. The Kier molecular flexibility index (Phi) is 2.70. The van der Waals surface area contributed by atoms with Gasteiger partial charge < -0.3 is 5.32 Å². The third-order valence-corrected chi connectivity index (χ3v) is 3.83. The first-order valence-electron chi connectivity index (χ1n) is 6.37. The Morgan fingerprint density at radius 3 is 2.81 bits per heavy atom. The van der Waals surface area contributed by atoms with Gasteiger partial charge in [-0.25, -0.2) is 0 Å². The van der Waals surface area contributed by atoms with E-state index in [2.05, 4.69) is 41.4 Å². The Morgan fingerprint density at radius 2 is 2.06 bits per heavy atom. The number of piperazine rings is 1. The summed E-state index contributed by atoms with van der Waals surface area (Å²) in [6, 6.07) is 10.2. The van der Waals surface area contributed by atoms with Crippen LogP contribution in [0, 0.1) is 6.92 Å². The summed E-state index contributed by atoms with van der Waals surface area (Å²) in [5, 5.41) is 3.65. The third kappa shape index (κ3) is 2.00. The van der Waals surface area contributed by atoms with Crippen LogP contribution in [0.5, 0.6) is 0 Å². The number of hydrogen-bond donors (Lipinski definition) is 1. The summed E-state index contributed by atoms with van der Waals surface area (Å²) in [6.45, 7) is 5.77. The highest BCUT2D eigenvalue weighted by Crippen LogP contribution is 2.30. The lowest BCUT2D eigenvalue weighted by Gasteiger charge is -2.34. The van der Waals surface area contributed by atoms with Crippen LogP contribution in [0.3, 0.4) is 0 Å². The van der Waals surface area contributed by atoms with E-state index in [9.17, 15) is 0 Å². The zero-order valence-corrected chi connectivity index (χ0v) is 9.95. The second-order valence-electron chi connectivity index (χ2n) is 5.09. The molecule has 0 amide bonds. The van der Waals surface area contributed by atoms with E-state index in [4.69, 9.17) is 0 Å². The number of aryl methyl sites for hydroxylation is 1. The Hall–Kier alpha value is -0.860. The lowest BCUT2D eigenvalue weighted by Crippen LogP contribution is -2.46. The summed E-state index contributed by atoms with van der Waals surface area (Å²) in [4.78, 5) is 2.66. The van der Waals surface area contributed by atoms with E-state index in [-0.39, 0.29) is 0 Å². The SMILES string of the molecule is Cc1ccccc1[C@@H]1CN(C2CC2)CCN1. The van der Waals surface area contributed by atoms with Crippen molar-refractivity contribution in [2.45, 2.75) is 31.8 Å². The smallest absolute Gasteiger partial charge is 0.0452 e. The van der Waals surface area contributed by atoms with E-state index in [0.29, 0.717) is 6.04 Å². The molecule has 1 saturated heterocycles. The highest BCUT2D eigenvalue weighted by molar-refractivity contribution is 5.29. The first-order valence-corrected chi connectivity index (χ1v) is 6.37. The maximum Gasteiger partial charge on any atom is 0.0452 e. The van der Waals surface area contributed by atoms with Crippen molar-refractivity contribution in [3.63, 3.8) is 0 Å². The standard InChI is InChI=1S/C14H20N2/c1-11-4-2-3-5-13(11)14-10-16(9-8-15-14)12-6-7-12/h2-5,12,14-15H,6-10H2,1H3/t14-/m0/s1. The molecule has 86 valence electrons. The van der Waals surface area contributed by atoms with Crippen molar-refractivity contribution in [3.8, 4) is 0 Å². The molecule has 0 spiro atoms. The average Bonchev–Trinajstić information content (AvgIpc) is 3.14. The van der Waals surface area contributed by atoms with Crippen molar-refractivity contribution in [1.82, 2.24) is 10.2 Å². The second-order valence-corrected chi connectivity index (χ2v) is 5.09. The van der Waals surface area contributed by atoms with Gasteiger partial charge in [0.25, 0.3) is 0 Å². The van der Waals surface area contributed by atoms with Crippen molar-refractivity contribution >= 4 is 0 Å². The van der Waals surface area contributed by atoms with Crippen LogP contribution < -0.4 is 5.32 Å². The van der Waals surface area contributed by atoms with Crippen LogP contribution in [0.2, 0.25) is 0 Å². The lowest BCUT2D eigenvalue weighted by molar-refractivity contribution is 0.192. The van der Waals surface area contributed by atoms with E-state index in [1.54, 1.807) is 0 Å². The summed E-state index contributed by atoms with van der Waals surface area (Å²) < 4.78 is 0. The molecule has 1 aromatic rings. The molecular weight excluding hydrogens is 196 g/mol. The quantitative estimate of drug-likeness (QED) is 0.814. The van der Waals surface area contributed by atoms with Gasteiger partial charge in [-0.3, -0.25) is 4.90 Å². The van der Waals surface area contributed by atoms with Crippen molar-refractivity contribution in [2.24, 2.45) is 0 Å². The predicted octanol–water partition coefficient (Wildman–Crippen LogP) is 2.10. The number of rotatable bonds is 2. The van der Waals surface area contributed by atoms with Crippen molar-refractivity contribution in [1.29, 1.82) is 0 Å². The normalized spacial score (nSPS) is 26.9. The van der Waals surface area contributed by atoms with Gasteiger partial charge in [0.15, 0.2) is 0 Å². The van der Waals surface area contributed by atoms with Gasteiger partial charge in [-0.15, -0.1) is 0 Å². The molecule has 2 nitrogen and oxygen atoms in total. The molecule has 2 aliphatic rings. The molecule has 1 aliphatic carbocycles. The monoisotopic (exact) mass is 216 g/mol. The second kappa shape index (κ2) is 4.19. The molecule has 0 unspecified atom stereocenters. The van der Waals surface area contributed by atoms with Gasteiger partial charge in [0.2, 0.25) is 0 Å². The molecule has 1 aromatic carbocycles. The highest BCUT2D eigenvalue weighted by Gasteiger charge is 2.32. The highest BCUT2D eigenvalue weighted by atomic mass is 15.2. The van der Waals surface area contributed by atoms with E-state index >= 15 is 0 Å². The van der Waals surface area contributed by atoms with Crippen LogP contribution >= 0.6 is 0 Å². The molecule has 2 fully saturated rings. The molecule has 1 heterocycles. The molecule has 2 heteroatoms. The Balaban J connectivity index is 1.76. The summed E-state index contributed by atoms with van der Waals surface area (Å²) in [5.74, 6) is 0. The van der Waals surface area contributed by atoms with Gasteiger partial charge in [0.05, 0.1) is 0 Å². The molecule has 0 aromatic heterocycles. The maximum atomic E-state index is 3.65. The van der Waals surface area contributed by atoms with E-state index in [0.717, 1.165) is 12.6 Å². The summed E-state index contributed by atoms with van der Waals surface area (Å²) in [6.07, 6.45) is 2.83. The lowest BCUT2D eigenvalue weighted by atomic mass is 9.99. The maximum absolute atomic E-state index is 3.65. The Labute approximate surface area is 97.6 Å². The molecule has 1 atom stereocenters. The topological polar surface area (TPSA) is 15.3 Å². The predicted molar refractivity (Wildman–Crippen MR) is 66.5 cm³/mol. The first-order chi connectivity index (χ1) is 7.84. The minimum absolute atomic E-state index is 0.538. The Bertz CT molecular complexity index is 371. The van der Waals surface area contributed by atoms with Crippen LogP contribution in [0.25, 0.3) is 0 Å². The molecule has 3 rings (SSSR count). The molecule has 1 saturated carbocycles. The minimum Gasteiger partial charge on any atom is -0.308 e. The summed E-state index contributed by atoms with van der Waals surface area (Å²) >= 11 is 0. The zero-order chi connectivity index (χ0) is 11.0. The van der Waals surface area contributed by atoms with Crippen LogP contribution in [0.1, 0.15) is 30.0 Å². The van der Waals surface area contributed by atoms with Gasteiger partial charge in [-0.1, -0.05) is 24.3 Å². The van der Waals surface area contributed by atoms with Gasteiger partial charge >= 0.3 is 0 Å². The number of nitrogens with zero attached hydrogens (tertiary/aromatic N) is 1. The van der Waals surface area contributed by atoms with E-state index < -0.39 is 0 Å². The fourth-order valence-corrected chi connectivity index (χ4v) is 2.73. The largest absolute Gasteiger partial charge is 0.308 e. The molecule has 1 aliphatic heterocycles. The van der Waals surface area contributed by atoms with Gasteiger partial charge in [-0.05, 0) is 30.9 Å². The van der Waals surface area contributed by atoms with E-state index in [1.165, 1.54) is 37.1 Å².